The summed E-state index contributed by atoms with van der Waals surface area (Å²) >= 11 is 1.70. The van der Waals surface area contributed by atoms with Gasteiger partial charge in [-0.2, -0.15) is 0 Å². The Morgan fingerprint density at radius 1 is 0.848 bits per heavy atom. The van der Waals surface area contributed by atoms with Crippen molar-refractivity contribution >= 4 is 29.6 Å². The molecule has 2 rings (SSSR count). The fraction of sp³-hybridized carbons (Fsp3) is 0.429. The lowest BCUT2D eigenvalue weighted by molar-refractivity contribution is -0.171. The van der Waals surface area contributed by atoms with E-state index in [4.69, 9.17) is 9.47 Å². The third-order valence-electron chi connectivity index (χ3n) is 5.11. The van der Waals surface area contributed by atoms with Crippen molar-refractivity contribution in [2.45, 2.75) is 78.4 Å². The quantitative estimate of drug-likeness (QED) is 0.189. The Hall–Kier alpha value is -2.53. The molecule has 0 saturated carbocycles. The van der Waals surface area contributed by atoms with Crippen molar-refractivity contribution in [3.8, 4) is 5.75 Å². The predicted molar refractivity (Wildman–Crippen MR) is 138 cm³/mol. The molecular weight excluding hydrogens is 432 g/mol. The lowest BCUT2D eigenvalue weighted by atomic mass is 10.0. The standard InChI is InChI=1S/C28H36O4S/c1-17-13-21(11-12-23(29)22-15-19(3)25(33-10)20(4)16-22)14-18(2)24(17)31-28(8,9)26(30)32-27(5,6)7/h11-16H,1-10H3/b12-11+. The van der Waals surface area contributed by atoms with E-state index in [1.165, 1.54) is 4.90 Å². The van der Waals surface area contributed by atoms with Gasteiger partial charge in [-0.15, -0.1) is 11.8 Å². The van der Waals surface area contributed by atoms with Crippen molar-refractivity contribution in [1.29, 1.82) is 0 Å². The molecule has 4 nitrogen and oxygen atoms in total. The lowest BCUT2D eigenvalue weighted by Crippen LogP contribution is -2.43. The first-order valence-corrected chi connectivity index (χ1v) is 12.3. The Kier molecular flexibility index (Phi) is 8.23. The van der Waals surface area contributed by atoms with E-state index < -0.39 is 17.2 Å². The molecule has 0 unspecified atom stereocenters. The van der Waals surface area contributed by atoms with E-state index in [0.29, 0.717) is 11.3 Å². The number of benzene rings is 2. The Morgan fingerprint density at radius 3 is 1.82 bits per heavy atom. The molecule has 0 N–H and O–H groups in total. The van der Waals surface area contributed by atoms with Gasteiger partial charge in [0.05, 0.1) is 0 Å². The molecule has 5 heteroatoms. The largest absolute Gasteiger partial charge is 0.476 e. The van der Waals surface area contributed by atoms with Crippen LogP contribution in [0, 0.1) is 27.7 Å². The minimum atomic E-state index is -1.13. The Balaban J connectivity index is 2.24. The zero-order valence-electron chi connectivity index (χ0n) is 21.5. The van der Waals surface area contributed by atoms with E-state index in [1.54, 1.807) is 31.7 Å². The maximum atomic E-state index is 12.8. The summed E-state index contributed by atoms with van der Waals surface area (Å²) in [5.41, 5.74) is 3.86. The van der Waals surface area contributed by atoms with Crippen molar-refractivity contribution in [2.75, 3.05) is 6.26 Å². The second kappa shape index (κ2) is 10.2. The minimum absolute atomic E-state index is 0.0319. The van der Waals surface area contributed by atoms with Gasteiger partial charge in [-0.1, -0.05) is 6.08 Å². The second-order valence-corrected chi connectivity index (χ2v) is 10.8. The van der Waals surface area contributed by atoms with Crippen LogP contribution < -0.4 is 4.74 Å². The maximum Gasteiger partial charge on any atom is 0.350 e. The number of thioether (sulfide) groups is 1. The van der Waals surface area contributed by atoms with E-state index in [2.05, 4.69) is 0 Å². The summed E-state index contributed by atoms with van der Waals surface area (Å²) in [4.78, 5) is 26.6. The number of rotatable bonds is 7. The highest BCUT2D eigenvalue weighted by molar-refractivity contribution is 7.98. The highest BCUT2D eigenvalue weighted by Crippen LogP contribution is 2.30. The first kappa shape index (κ1) is 26.7. The van der Waals surface area contributed by atoms with Gasteiger partial charge < -0.3 is 9.47 Å². The molecule has 2 aromatic rings. The lowest BCUT2D eigenvalue weighted by Gasteiger charge is -2.30. The van der Waals surface area contributed by atoms with Gasteiger partial charge in [-0.05, 0) is 127 Å². The van der Waals surface area contributed by atoms with E-state index in [0.717, 1.165) is 27.8 Å². The summed E-state index contributed by atoms with van der Waals surface area (Å²) in [6, 6.07) is 7.78. The molecular formula is C28H36O4S. The molecule has 0 aliphatic heterocycles. The Labute approximate surface area is 202 Å². The number of ketones is 1. The number of carbonyl (C=O) groups is 2. The number of hydrogen-bond donors (Lipinski definition) is 0. The number of ether oxygens (including phenoxy) is 2. The average molecular weight is 469 g/mol. The van der Waals surface area contributed by atoms with Gasteiger partial charge in [0.1, 0.15) is 11.4 Å². The molecule has 0 saturated heterocycles. The number of carbonyl (C=O) groups excluding carboxylic acids is 2. The molecule has 0 amide bonds. The summed E-state index contributed by atoms with van der Waals surface area (Å²) in [7, 11) is 0. The van der Waals surface area contributed by atoms with E-state index >= 15 is 0 Å². The summed E-state index contributed by atoms with van der Waals surface area (Å²) in [6.07, 6.45) is 5.47. The smallest absolute Gasteiger partial charge is 0.350 e. The first-order valence-electron chi connectivity index (χ1n) is 11.1. The van der Waals surface area contributed by atoms with Crippen LogP contribution in [0.4, 0.5) is 0 Å². The molecule has 0 atom stereocenters. The second-order valence-electron chi connectivity index (χ2n) is 9.94. The average Bonchev–Trinajstić information content (AvgIpc) is 2.67. The molecule has 0 bridgehead atoms. The molecule has 0 fully saturated rings. The van der Waals surface area contributed by atoms with Crippen LogP contribution in [0.2, 0.25) is 0 Å². The summed E-state index contributed by atoms with van der Waals surface area (Å²) in [5, 5.41) is 0. The van der Waals surface area contributed by atoms with E-state index in [-0.39, 0.29) is 5.78 Å². The van der Waals surface area contributed by atoms with Crippen LogP contribution in [0.25, 0.3) is 6.08 Å². The summed E-state index contributed by atoms with van der Waals surface area (Å²) in [5.74, 6) is 0.199. The number of allylic oxidation sites excluding steroid dienone is 1. The molecule has 2 aromatic carbocycles. The van der Waals surface area contributed by atoms with Crippen LogP contribution in [0.1, 0.15) is 72.8 Å². The van der Waals surface area contributed by atoms with Gasteiger partial charge in [-0.25, -0.2) is 4.79 Å². The van der Waals surface area contributed by atoms with Crippen molar-refractivity contribution in [3.63, 3.8) is 0 Å². The maximum absolute atomic E-state index is 12.8. The van der Waals surface area contributed by atoms with Crippen LogP contribution in [-0.2, 0) is 9.53 Å². The highest BCUT2D eigenvalue weighted by Gasteiger charge is 2.35. The normalized spacial score (nSPS) is 12.2. The number of esters is 1. The molecule has 0 aromatic heterocycles. The van der Waals surface area contributed by atoms with Crippen LogP contribution >= 0.6 is 11.8 Å². The molecule has 0 aliphatic rings. The van der Waals surface area contributed by atoms with Crippen molar-refractivity contribution in [3.05, 3.63) is 63.7 Å². The SMILES string of the molecule is CSc1c(C)cc(C(=O)/C=C/c2cc(C)c(OC(C)(C)C(=O)OC(C)(C)C)c(C)c2)cc1C. The van der Waals surface area contributed by atoms with Crippen molar-refractivity contribution in [2.24, 2.45) is 0 Å². The summed E-state index contributed by atoms with van der Waals surface area (Å²) in [6.45, 7) is 16.8. The molecule has 178 valence electrons. The van der Waals surface area contributed by atoms with Gasteiger partial charge in [0.2, 0.25) is 0 Å². The van der Waals surface area contributed by atoms with Gasteiger partial charge in [-0.3, -0.25) is 4.79 Å². The Morgan fingerprint density at radius 2 is 1.36 bits per heavy atom. The van der Waals surface area contributed by atoms with Gasteiger partial charge in [0.15, 0.2) is 11.4 Å². The summed E-state index contributed by atoms with van der Waals surface area (Å²) < 4.78 is 11.6. The van der Waals surface area contributed by atoms with Crippen LogP contribution in [0.15, 0.2) is 35.2 Å². The molecule has 0 aliphatic carbocycles. The van der Waals surface area contributed by atoms with E-state index in [9.17, 15) is 9.59 Å². The Bertz CT molecular complexity index is 1040. The topological polar surface area (TPSA) is 52.6 Å². The third kappa shape index (κ3) is 6.97. The minimum Gasteiger partial charge on any atom is -0.476 e. The van der Waals surface area contributed by atoms with Crippen molar-refractivity contribution < 1.29 is 19.1 Å². The first-order chi connectivity index (χ1) is 15.1. The number of aryl methyl sites for hydroxylation is 4. The van der Waals surface area contributed by atoms with Gasteiger partial charge >= 0.3 is 5.97 Å². The highest BCUT2D eigenvalue weighted by atomic mass is 32.2. The predicted octanol–water partition coefficient (Wildman–Crippen LogP) is 7.04. The molecule has 33 heavy (non-hydrogen) atoms. The van der Waals surface area contributed by atoms with Crippen LogP contribution in [0.3, 0.4) is 0 Å². The molecule has 0 heterocycles. The zero-order valence-corrected chi connectivity index (χ0v) is 22.3. The third-order valence-corrected chi connectivity index (χ3v) is 6.16. The monoisotopic (exact) mass is 468 g/mol. The fourth-order valence-electron chi connectivity index (χ4n) is 3.62. The number of hydrogen-bond acceptors (Lipinski definition) is 5. The van der Waals surface area contributed by atoms with Gasteiger partial charge in [0, 0.05) is 10.5 Å². The van der Waals surface area contributed by atoms with Crippen LogP contribution in [0.5, 0.6) is 5.75 Å². The van der Waals surface area contributed by atoms with Gasteiger partial charge in [0.25, 0.3) is 0 Å². The van der Waals surface area contributed by atoms with Crippen molar-refractivity contribution in [1.82, 2.24) is 0 Å². The molecule has 0 radical (unpaired) electrons. The fourth-order valence-corrected chi connectivity index (χ4v) is 4.38. The van der Waals surface area contributed by atoms with E-state index in [1.807, 2.05) is 85.1 Å². The molecule has 0 spiro atoms. The van der Waals surface area contributed by atoms with Crippen LogP contribution in [-0.4, -0.2) is 29.2 Å². The zero-order chi connectivity index (χ0) is 25.1.